The van der Waals surface area contributed by atoms with Crippen LogP contribution in [-0.4, -0.2) is 38.7 Å². The molecular weight excluding hydrogens is 328 g/mol. The highest BCUT2D eigenvalue weighted by atomic mass is 19.3. The monoisotopic (exact) mass is 349 g/mol. The van der Waals surface area contributed by atoms with Crippen LogP contribution in [0.15, 0.2) is 24.4 Å². The van der Waals surface area contributed by atoms with Gasteiger partial charge in [-0.1, -0.05) is 6.07 Å². The molecule has 25 heavy (non-hydrogen) atoms. The zero-order valence-corrected chi connectivity index (χ0v) is 14.0. The van der Waals surface area contributed by atoms with Crippen molar-refractivity contribution in [3.8, 4) is 0 Å². The second-order valence-electron chi connectivity index (χ2n) is 6.46. The van der Waals surface area contributed by atoms with Crippen LogP contribution in [0.4, 0.5) is 14.6 Å². The van der Waals surface area contributed by atoms with Gasteiger partial charge in [0.2, 0.25) is 5.91 Å². The molecule has 3 rings (SSSR count). The standard InChI is InChI=1S/C17H21F2N5O/c1-11-6-14(17(18)19)22-24(11)10-16(25)23-5-4-13(9-23)7-12-2-3-15(20)21-8-12/h2-3,6,8,13,17H,4-5,7,9-10H2,1H3,(H2,20,21). The summed E-state index contributed by atoms with van der Waals surface area (Å²) >= 11 is 0. The number of hydrogen-bond donors (Lipinski definition) is 1. The summed E-state index contributed by atoms with van der Waals surface area (Å²) in [6.45, 7) is 3.00. The van der Waals surface area contributed by atoms with E-state index in [1.807, 2.05) is 6.07 Å². The Morgan fingerprint density at radius 1 is 1.44 bits per heavy atom. The SMILES string of the molecule is Cc1cc(C(F)F)nn1CC(=O)N1CCC(Cc2ccc(N)nc2)C1. The molecule has 0 radical (unpaired) electrons. The van der Waals surface area contributed by atoms with Gasteiger partial charge in [-0.15, -0.1) is 0 Å². The number of carbonyl (C=O) groups excluding carboxylic acids is 1. The van der Waals surface area contributed by atoms with Gasteiger partial charge in [-0.05, 0) is 43.4 Å². The Balaban J connectivity index is 1.56. The molecule has 8 heteroatoms. The first-order valence-electron chi connectivity index (χ1n) is 8.23. The Kier molecular flexibility index (Phi) is 4.96. The maximum Gasteiger partial charge on any atom is 0.282 e. The number of rotatable bonds is 5. The maximum atomic E-state index is 12.7. The highest BCUT2D eigenvalue weighted by molar-refractivity contribution is 5.76. The quantitative estimate of drug-likeness (QED) is 0.898. The molecule has 1 unspecified atom stereocenters. The van der Waals surface area contributed by atoms with Gasteiger partial charge in [0.05, 0.1) is 0 Å². The van der Waals surface area contributed by atoms with Gasteiger partial charge in [0, 0.05) is 25.0 Å². The minimum atomic E-state index is -2.63. The van der Waals surface area contributed by atoms with Gasteiger partial charge in [0.25, 0.3) is 6.43 Å². The molecule has 2 aromatic rings. The molecule has 1 aliphatic rings. The van der Waals surface area contributed by atoms with Gasteiger partial charge in [0.15, 0.2) is 0 Å². The summed E-state index contributed by atoms with van der Waals surface area (Å²) in [4.78, 5) is 18.3. The first-order valence-corrected chi connectivity index (χ1v) is 8.23. The van der Waals surface area contributed by atoms with Crippen LogP contribution in [0.5, 0.6) is 0 Å². The molecular formula is C17H21F2N5O. The molecule has 1 aliphatic heterocycles. The summed E-state index contributed by atoms with van der Waals surface area (Å²) in [6, 6.07) is 5.04. The Labute approximate surface area is 144 Å². The minimum absolute atomic E-state index is 0.00526. The number of carbonyl (C=O) groups is 1. The minimum Gasteiger partial charge on any atom is -0.384 e. The number of nitrogens with two attached hydrogens (primary N) is 1. The van der Waals surface area contributed by atoms with Crippen LogP contribution in [0.2, 0.25) is 0 Å². The van der Waals surface area contributed by atoms with Crippen LogP contribution in [0, 0.1) is 12.8 Å². The highest BCUT2D eigenvalue weighted by Crippen LogP contribution is 2.22. The third-order valence-electron chi connectivity index (χ3n) is 4.52. The van der Waals surface area contributed by atoms with Crippen molar-refractivity contribution in [2.75, 3.05) is 18.8 Å². The number of alkyl halides is 2. The molecule has 0 saturated carbocycles. The van der Waals surface area contributed by atoms with Crippen molar-refractivity contribution in [2.45, 2.75) is 32.7 Å². The number of aryl methyl sites for hydroxylation is 1. The molecule has 0 spiro atoms. The number of halogens is 2. The first-order chi connectivity index (χ1) is 11.9. The van der Waals surface area contributed by atoms with Gasteiger partial charge in [-0.2, -0.15) is 5.10 Å². The second kappa shape index (κ2) is 7.16. The van der Waals surface area contributed by atoms with E-state index in [2.05, 4.69) is 10.1 Å². The lowest BCUT2D eigenvalue weighted by atomic mass is 10.00. The van der Waals surface area contributed by atoms with E-state index < -0.39 is 6.43 Å². The van der Waals surface area contributed by atoms with E-state index in [4.69, 9.17) is 5.73 Å². The molecule has 2 aromatic heterocycles. The summed E-state index contributed by atoms with van der Waals surface area (Å²) in [5, 5.41) is 3.81. The third-order valence-corrected chi connectivity index (χ3v) is 4.52. The number of likely N-dealkylation sites (tertiary alicyclic amines) is 1. The van der Waals surface area contributed by atoms with Crippen LogP contribution in [-0.2, 0) is 17.8 Å². The fourth-order valence-electron chi connectivity index (χ4n) is 3.15. The number of amides is 1. The molecule has 0 bridgehead atoms. The van der Waals surface area contributed by atoms with Crippen molar-refractivity contribution in [2.24, 2.45) is 5.92 Å². The van der Waals surface area contributed by atoms with Crippen LogP contribution >= 0.6 is 0 Å². The van der Waals surface area contributed by atoms with E-state index in [9.17, 15) is 13.6 Å². The van der Waals surface area contributed by atoms with Crippen molar-refractivity contribution in [3.05, 3.63) is 41.3 Å². The molecule has 0 aromatic carbocycles. The average Bonchev–Trinajstić information content (AvgIpc) is 3.17. The summed E-state index contributed by atoms with van der Waals surface area (Å²) in [5.41, 5.74) is 6.95. The van der Waals surface area contributed by atoms with Crippen LogP contribution in [0.25, 0.3) is 0 Å². The number of anilines is 1. The van der Waals surface area contributed by atoms with E-state index in [1.54, 1.807) is 24.1 Å². The zero-order valence-electron chi connectivity index (χ0n) is 14.0. The first kappa shape index (κ1) is 17.3. The smallest absolute Gasteiger partial charge is 0.282 e. The number of aromatic nitrogens is 3. The summed E-state index contributed by atoms with van der Waals surface area (Å²) < 4.78 is 26.7. The lowest BCUT2D eigenvalue weighted by Crippen LogP contribution is -2.32. The van der Waals surface area contributed by atoms with E-state index in [-0.39, 0.29) is 18.1 Å². The number of pyridine rings is 1. The van der Waals surface area contributed by atoms with Crippen molar-refractivity contribution in [3.63, 3.8) is 0 Å². The Hall–Kier alpha value is -2.51. The molecule has 6 nitrogen and oxygen atoms in total. The number of nitrogen functional groups attached to an aromatic ring is 1. The van der Waals surface area contributed by atoms with Crippen LogP contribution in [0.1, 0.15) is 29.8 Å². The van der Waals surface area contributed by atoms with Gasteiger partial charge in [-0.25, -0.2) is 13.8 Å². The predicted molar refractivity (Wildman–Crippen MR) is 89.0 cm³/mol. The Morgan fingerprint density at radius 3 is 2.88 bits per heavy atom. The fourth-order valence-corrected chi connectivity index (χ4v) is 3.15. The molecule has 1 atom stereocenters. The number of hydrogen-bond acceptors (Lipinski definition) is 4. The van der Waals surface area contributed by atoms with Crippen molar-refractivity contribution >= 4 is 11.7 Å². The lowest BCUT2D eigenvalue weighted by Gasteiger charge is -2.17. The molecule has 1 amide bonds. The zero-order chi connectivity index (χ0) is 18.0. The third kappa shape index (κ3) is 4.12. The van der Waals surface area contributed by atoms with Gasteiger partial charge < -0.3 is 10.6 Å². The predicted octanol–water partition coefficient (Wildman–Crippen LogP) is 2.20. The largest absolute Gasteiger partial charge is 0.384 e. The molecule has 1 fully saturated rings. The fraction of sp³-hybridized carbons (Fsp3) is 0.471. The van der Waals surface area contributed by atoms with Crippen LogP contribution < -0.4 is 5.73 Å². The average molecular weight is 349 g/mol. The molecule has 0 aliphatic carbocycles. The summed E-state index contributed by atoms with van der Waals surface area (Å²) in [5.74, 6) is 0.763. The highest BCUT2D eigenvalue weighted by Gasteiger charge is 2.27. The lowest BCUT2D eigenvalue weighted by molar-refractivity contribution is -0.131. The van der Waals surface area contributed by atoms with E-state index >= 15 is 0 Å². The molecule has 134 valence electrons. The van der Waals surface area contributed by atoms with Gasteiger partial charge >= 0.3 is 0 Å². The molecule has 1 saturated heterocycles. The topological polar surface area (TPSA) is 77.0 Å². The normalized spacial score (nSPS) is 17.4. The summed E-state index contributed by atoms with van der Waals surface area (Å²) in [7, 11) is 0. The van der Waals surface area contributed by atoms with E-state index in [0.717, 1.165) is 18.4 Å². The van der Waals surface area contributed by atoms with Crippen molar-refractivity contribution < 1.29 is 13.6 Å². The molecule has 3 heterocycles. The summed E-state index contributed by atoms with van der Waals surface area (Å²) in [6.07, 6.45) is 0.891. The van der Waals surface area contributed by atoms with Crippen molar-refractivity contribution in [1.29, 1.82) is 0 Å². The van der Waals surface area contributed by atoms with Crippen molar-refractivity contribution in [1.82, 2.24) is 19.7 Å². The van der Waals surface area contributed by atoms with Gasteiger partial charge in [-0.3, -0.25) is 9.48 Å². The van der Waals surface area contributed by atoms with E-state index in [1.165, 1.54) is 10.7 Å². The number of nitrogens with zero attached hydrogens (tertiary/aromatic N) is 4. The van der Waals surface area contributed by atoms with E-state index in [0.29, 0.717) is 30.5 Å². The Bertz CT molecular complexity index is 744. The Morgan fingerprint density at radius 2 is 2.24 bits per heavy atom. The molecule has 2 N–H and O–H groups in total. The van der Waals surface area contributed by atoms with Gasteiger partial charge in [0.1, 0.15) is 18.1 Å². The maximum absolute atomic E-state index is 12.7. The van der Waals surface area contributed by atoms with Crippen LogP contribution in [0.3, 0.4) is 0 Å². The second-order valence-corrected chi connectivity index (χ2v) is 6.46.